The summed E-state index contributed by atoms with van der Waals surface area (Å²) >= 11 is 0. The maximum atomic E-state index is 12.8. The Labute approximate surface area is 118 Å². The van der Waals surface area contributed by atoms with Crippen LogP contribution in [0.25, 0.3) is 16.9 Å². The molecule has 0 atom stereocenters. The van der Waals surface area contributed by atoms with Crippen LogP contribution in [0.15, 0.2) is 48.8 Å². The third kappa shape index (κ3) is 2.50. The van der Waals surface area contributed by atoms with Crippen molar-refractivity contribution in [3.05, 3.63) is 59.9 Å². The van der Waals surface area contributed by atoms with Crippen LogP contribution >= 0.6 is 0 Å². The Hall–Kier alpha value is -2.34. The summed E-state index contributed by atoms with van der Waals surface area (Å²) in [6.07, 6.45) is -0.959. The van der Waals surface area contributed by atoms with Crippen molar-refractivity contribution >= 4 is 5.52 Å². The molecular weight excluding hydrogens is 279 g/mol. The van der Waals surface area contributed by atoms with E-state index in [-0.39, 0.29) is 0 Å². The summed E-state index contributed by atoms with van der Waals surface area (Å²) in [4.78, 5) is 4.22. The summed E-state index contributed by atoms with van der Waals surface area (Å²) in [7, 11) is 0. The van der Waals surface area contributed by atoms with Gasteiger partial charge in [-0.1, -0.05) is 18.2 Å². The smallest absolute Gasteiger partial charge is 0.326 e. The molecule has 2 heterocycles. The highest BCUT2D eigenvalue weighted by Gasteiger charge is 2.30. The van der Waals surface area contributed by atoms with E-state index in [0.29, 0.717) is 17.9 Å². The molecule has 2 N–H and O–H groups in total. The molecule has 0 radical (unpaired) electrons. The highest BCUT2D eigenvalue weighted by molar-refractivity contribution is 5.63. The van der Waals surface area contributed by atoms with Crippen LogP contribution in [0.3, 0.4) is 0 Å². The SMILES string of the molecule is NCc1ccc2cnc(-c3cccc(C(F)(F)F)c3)n2c1. The van der Waals surface area contributed by atoms with E-state index in [2.05, 4.69) is 4.98 Å². The minimum Gasteiger partial charge on any atom is -0.326 e. The topological polar surface area (TPSA) is 43.3 Å². The number of fused-ring (bicyclic) bond motifs is 1. The van der Waals surface area contributed by atoms with Crippen LogP contribution in [0.4, 0.5) is 13.2 Å². The fraction of sp³-hybridized carbons (Fsp3) is 0.133. The number of nitrogens with two attached hydrogens (primary N) is 1. The number of rotatable bonds is 2. The van der Waals surface area contributed by atoms with Crippen molar-refractivity contribution in [2.24, 2.45) is 5.73 Å². The highest BCUT2D eigenvalue weighted by atomic mass is 19.4. The number of nitrogens with zero attached hydrogens (tertiary/aromatic N) is 2. The molecule has 3 aromatic rings. The predicted molar refractivity (Wildman–Crippen MR) is 73.5 cm³/mol. The number of alkyl halides is 3. The molecule has 21 heavy (non-hydrogen) atoms. The van der Waals surface area contributed by atoms with Gasteiger partial charge in [0.2, 0.25) is 0 Å². The van der Waals surface area contributed by atoms with Gasteiger partial charge in [-0.25, -0.2) is 4.98 Å². The number of halogens is 3. The third-order valence-electron chi connectivity index (χ3n) is 3.27. The average Bonchev–Trinajstić information content (AvgIpc) is 2.89. The molecular formula is C15H12F3N3. The van der Waals surface area contributed by atoms with Gasteiger partial charge in [0, 0.05) is 18.3 Å². The lowest BCUT2D eigenvalue weighted by Gasteiger charge is -2.08. The molecule has 0 saturated heterocycles. The van der Waals surface area contributed by atoms with E-state index in [1.54, 1.807) is 22.9 Å². The van der Waals surface area contributed by atoms with Crippen molar-refractivity contribution in [3.63, 3.8) is 0 Å². The highest BCUT2D eigenvalue weighted by Crippen LogP contribution is 2.32. The van der Waals surface area contributed by atoms with Crippen molar-refractivity contribution in [3.8, 4) is 11.4 Å². The Morgan fingerprint density at radius 2 is 1.95 bits per heavy atom. The second kappa shape index (κ2) is 4.89. The third-order valence-corrected chi connectivity index (χ3v) is 3.27. The first-order chi connectivity index (χ1) is 9.99. The Bertz CT molecular complexity index is 790. The maximum absolute atomic E-state index is 12.8. The fourth-order valence-corrected chi connectivity index (χ4v) is 2.20. The van der Waals surface area contributed by atoms with Crippen LogP contribution in [0, 0.1) is 0 Å². The molecule has 0 unspecified atom stereocenters. The van der Waals surface area contributed by atoms with E-state index in [0.717, 1.165) is 23.2 Å². The molecule has 0 aliphatic rings. The van der Waals surface area contributed by atoms with Gasteiger partial charge in [0.05, 0.1) is 17.3 Å². The summed E-state index contributed by atoms with van der Waals surface area (Å²) in [5.74, 6) is 0.464. The Balaban J connectivity index is 2.16. The molecule has 0 aliphatic heterocycles. The van der Waals surface area contributed by atoms with Crippen molar-refractivity contribution in [2.75, 3.05) is 0 Å². The molecule has 0 fully saturated rings. The minimum absolute atomic E-state index is 0.357. The molecule has 0 amide bonds. The van der Waals surface area contributed by atoms with E-state index in [4.69, 9.17) is 5.73 Å². The van der Waals surface area contributed by atoms with E-state index >= 15 is 0 Å². The minimum atomic E-state index is -4.37. The lowest BCUT2D eigenvalue weighted by atomic mass is 10.1. The number of benzene rings is 1. The lowest BCUT2D eigenvalue weighted by Crippen LogP contribution is -2.05. The van der Waals surface area contributed by atoms with Crippen molar-refractivity contribution in [2.45, 2.75) is 12.7 Å². The van der Waals surface area contributed by atoms with Crippen LogP contribution in [0.1, 0.15) is 11.1 Å². The Kier molecular flexibility index (Phi) is 3.17. The fourth-order valence-electron chi connectivity index (χ4n) is 2.20. The quantitative estimate of drug-likeness (QED) is 0.785. The van der Waals surface area contributed by atoms with Crippen molar-refractivity contribution in [1.82, 2.24) is 9.38 Å². The number of aromatic nitrogens is 2. The number of pyridine rings is 1. The molecule has 0 spiro atoms. The molecule has 6 heteroatoms. The molecule has 108 valence electrons. The predicted octanol–water partition coefficient (Wildman–Crippen LogP) is 3.48. The summed E-state index contributed by atoms with van der Waals surface area (Å²) in [5, 5.41) is 0. The van der Waals surface area contributed by atoms with Gasteiger partial charge in [-0.05, 0) is 23.8 Å². The molecule has 0 bridgehead atoms. The zero-order chi connectivity index (χ0) is 15.0. The van der Waals surface area contributed by atoms with Gasteiger partial charge >= 0.3 is 6.18 Å². The summed E-state index contributed by atoms with van der Waals surface area (Å²) < 4.78 is 40.1. The Morgan fingerprint density at radius 3 is 2.67 bits per heavy atom. The van der Waals surface area contributed by atoms with Gasteiger partial charge in [0.15, 0.2) is 0 Å². The van der Waals surface area contributed by atoms with Gasteiger partial charge in [0.1, 0.15) is 5.82 Å². The van der Waals surface area contributed by atoms with Crippen LogP contribution in [0.5, 0.6) is 0 Å². The van der Waals surface area contributed by atoms with E-state index in [1.807, 2.05) is 12.1 Å². The monoisotopic (exact) mass is 291 g/mol. The second-order valence-corrected chi connectivity index (χ2v) is 4.70. The van der Waals surface area contributed by atoms with Gasteiger partial charge in [-0.15, -0.1) is 0 Å². The summed E-state index contributed by atoms with van der Waals surface area (Å²) in [6.45, 7) is 0.357. The Morgan fingerprint density at radius 1 is 1.14 bits per heavy atom. The largest absolute Gasteiger partial charge is 0.416 e. The summed E-state index contributed by atoms with van der Waals surface area (Å²) in [5.41, 5.74) is 7.01. The van der Waals surface area contributed by atoms with E-state index < -0.39 is 11.7 Å². The second-order valence-electron chi connectivity index (χ2n) is 4.70. The van der Waals surface area contributed by atoms with E-state index in [1.165, 1.54) is 6.07 Å². The average molecular weight is 291 g/mol. The van der Waals surface area contributed by atoms with Gasteiger partial charge < -0.3 is 5.73 Å². The zero-order valence-electron chi connectivity index (χ0n) is 10.9. The van der Waals surface area contributed by atoms with Gasteiger partial charge in [-0.2, -0.15) is 13.2 Å². The molecule has 0 aliphatic carbocycles. The van der Waals surface area contributed by atoms with Crippen LogP contribution in [0.2, 0.25) is 0 Å². The normalized spacial score (nSPS) is 12.0. The number of hydrogen-bond donors (Lipinski definition) is 1. The first-order valence-corrected chi connectivity index (χ1v) is 6.33. The van der Waals surface area contributed by atoms with Crippen LogP contribution in [-0.2, 0) is 12.7 Å². The summed E-state index contributed by atoms with van der Waals surface area (Å²) in [6, 6.07) is 8.85. The molecule has 2 aromatic heterocycles. The van der Waals surface area contributed by atoms with Crippen LogP contribution < -0.4 is 5.73 Å². The van der Waals surface area contributed by atoms with Crippen molar-refractivity contribution < 1.29 is 13.2 Å². The first kappa shape index (κ1) is 13.6. The lowest BCUT2D eigenvalue weighted by molar-refractivity contribution is -0.137. The van der Waals surface area contributed by atoms with Crippen molar-refractivity contribution in [1.29, 1.82) is 0 Å². The molecule has 3 nitrogen and oxygen atoms in total. The van der Waals surface area contributed by atoms with Gasteiger partial charge in [0.25, 0.3) is 0 Å². The number of hydrogen-bond acceptors (Lipinski definition) is 2. The van der Waals surface area contributed by atoms with E-state index in [9.17, 15) is 13.2 Å². The molecule has 1 aromatic carbocycles. The van der Waals surface area contributed by atoms with Gasteiger partial charge in [-0.3, -0.25) is 4.40 Å². The standard InChI is InChI=1S/C15H12F3N3/c16-15(17,18)12-3-1-2-11(6-12)14-20-8-13-5-4-10(7-19)9-21(13)14/h1-6,8-9H,7,19H2. The molecule has 3 rings (SSSR count). The van der Waals surface area contributed by atoms with Crippen LogP contribution in [-0.4, -0.2) is 9.38 Å². The maximum Gasteiger partial charge on any atom is 0.416 e. The zero-order valence-corrected chi connectivity index (χ0v) is 10.9. The molecule has 0 saturated carbocycles. The number of imidazole rings is 1. The first-order valence-electron chi connectivity index (χ1n) is 6.33.